The third-order valence-electron chi connectivity index (χ3n) is 4.92. The standard InChI is InChI=1S/C15H23N3O/c19-15(16-10-14-7-8-17-18-14)13-6-5-11-3-1-2-4-12(11)9-13/h7-8,11-13H,1-6,9-10H2,(H,16,19)(H,17,18). The van der Waals surface area contributed by atoms with E-state index in [1.165, 1.54) is 32.1 Å². The van der Waals surface area contributed by atoms with Crippen LogP contribution in [-0.4, -0.2) is 16.1 Å². The van der Waals surface area contributed by atoms with Gasteiger partial charge in [0, 0.05) is 12.1 Å². The summed E-state index contributed by atoms with van der Waals surface area (Å²) in [5, 5.41) is 9.81. The van der Waals surface area contributed by atoms with Gasteiger partial charge in [0.2, 0.25) is 5.91 Å². The van der Waals surface area contributed by atoms with Gasteiger partial charge in [-0.1, -0.05) is 25.7 Å². The molecule has 4 nitrogen and oxygen atoms in total. The van der Waals surface area contributed by atoms with E-state index in [4.69, 9.17) is 0 Å². The van der Waals surface area contributed by atoms with Gasteiger partial charge in [-0.15, -0.1) is 0 Å². The third-order valence-corrected chi connectivity index (χ3v) is 4.92. The van der Waals surface area contributed by atoms with Crippen LogP contribution in [0.5, 0.6) is 0 Å². The lowest BCUT2D eigenvalue weighted by Crippen LogP contribution is -2.37. The smallest absolute Gasteiger partial charge is 0.223 e. The Labute approximate surface area is 114 Å². The van der Waals surface area contributed by atoms with E-state index in [9.17, 15) is 4.79 Å². The molecule has 19 heavy (non-hydrogen) atoms. The Balaban J connectivity index is 1.50. The predicted molar refractivity (Wildman–Crippen MR) is 73.2 cm³/mol. The number of carbonyl (C=O) groups excluding carboxylic acids is 1. The summed E-state index contributed by atoms with van der Waals surface area (Å²) in [5.41, 5.74) is 0.972. The van der Waals surface area contributed by atoms with Crippen molar-refractivity contribution in [1.82, 2.24) is 15.5 Å². The molecule has 3 rings (SSSR count). The van der Waals surface area contributed by atoms with Gasteiger partial charge in [-0.3, -0.25) is 9.89 Å². The molecule has 4 heteroatoms. The number of carbonyl (C=O) groups is 1. The number of hydrogen-bond acceptors (Lipinski definition) is 2. The molecule has 2 fully saturated rings. The molecular weight excluding hydrogens is 238 g/mol. The molecule has 0 radical (unpaired) electrons. The Morgan fingerprint density at radius 1 is 1.26 bits per heavy atom. The highest BCUT2D eigenvalue weighted by molar-refractivity contribution is 5.78. The molecule has 0 bridgehead atoms. The summed E-state index contributed by atoms with van der Waals surface area (Å²) in [6, 6.07) is 1.90. The number of nitrogens with one attached hydrogen (secondary N) is 2. The van der Waals surface area contributed by atoms with E-state index in [-0.39, 0.29) is 11.8 Å². The van der Waals surface area contributed by atoms with Crippen LogP contribution in [-0.2, 0) is 11.3 Å². The fourth-order valence-corrected chi connectivity index (χ4v) is 3.82. The Bertz CT molecular complexity index is 415. The van der Waals surface area contributed by atoms with E-state index in [1.54, 1.807) is 6.20 Å². The maximum Gasteiger partial charge on any atom is 0.223 e. The van der Waals surface area contributed by atoms with E-state index >= 15 is 0 Å². The zero-order valence-electron chi connectivity index (χ0n) is 11.4. The van der Waals surface area contributed by atoms with Crippen LogP contribution in [0.3, 0.4) is 0 Å². The lowest BCUT2D eigenvalue weighted by atomic mass is 9.67. The van der Waals surface area contributed by atoms with Gasteiger partial charge in [-0.2, -0.15) is 5.10 Å². The van der Waals surface area contributed by atoms with Crippen molar-refractivity contribution >= 4 is 5.91 Å². The summed E-state index contributed by atoms with van der Waals surface area (Å²) in [5.74, 6) is 2.19. The molecule has 2 aliphatic carbocycles. The van der Waals surface area contributed by atoms with Crippen molar-refractivity contribution in [2.24, 2.45) is 17.8 Å². The number of rotatable bonds is 3. The van der Waals surface area contributed by atoms with Crippen molar-refractivity contribution in [3.63, 3.8) is 0 Å². The summed E-state index contributed by atoms with van der Waals surface area (Å²) in [4.78, 5) is 12.2. The van der Waals surface area contributed by atoms with Gasteiger partial charge in [0.25, 0.3) is 0 Å². The zero-order chi connectivity index (χ0) is 13.1. The first-order valence-corrected chi connectivity index (χ1v) is 7.59. The second kappa shape index (κ2) is 5.76. The average molecular weight is 261 g/mol. The molecule has 2 aliphatic rings. The Hall–Kier alpha value is -1.32. The second-order valence-electron chi connectivity index (χ2n) is 6.11. The highest BCUT2D eigenvalue weighted by Gasteiger charge is 2.34. The first-order valence-electron chi connectivity index (χ1n) is 7.59. The number of aromatic amines is 1. The Kier molecular flexibility index (Phi) is 3.85. The minimum absolute atomic E-state index is 0.235. The number of hydrogen-bond donors (Lipinski definition) is 2. The first kappa shape index (κ1) is 12.7. The molecule has 3 atom stereocenters. The Morgan fingerprint density at radius 3 is 2.89 bits per heavy atom. The molecule has 1 amide bonds. The SMILES string of the molecule is O=C(NCc1ccn[nH]1)C1CCC2CCCCC2C1. The molecule has 1 aromatic heterocycles. The van der Waals surface area contributed by atoms with Gasteiger partial charge >= 0.3 is 0 Å². The summed E-state index contributed by atoms with van der Waals surface area (Å²) < 4.78 is 0. The maximum absolute atomic E-state index is 12.2. The molecule has 0 saturated heterocycles. The number of aromatic nitrogens is 2. The highest BCUT2D eigenvalue weighted by atomic mass is 16.1. The third kappa shape index (κ3) is 2.99. The highest BCUT2D eigenvalue weighted by Crippen LogP contribution is 2.42. The van der Waals surface area contributed by atoms with E-state index < -0.39 is 0 Å². The van der Waals surface area contributed by atoms with Crippen LogP contribution in [0.4, 0.5) is 0 Å². The largest absolute Gasteiger partial charge is 0.350 e. The normalized spacial score (nSPS) is 30.6. The van der Waals surface area contributed by atoms with Gasteiger partial charge in [0.1, 0.15) is 0 Å². The van der Waals surface area contributed by atoms with Gasteiger partial charge in [0.05, 0.1) is 12.2 Å². The quantitative estimate of drug-likeness (QED) is 0.878. The number of nitrogens with zero attached hydrogens (tertiary/aromatic N) is 1. The molecule has 1 aromatic rings. The van der Waals surface area contributed by atoms with Gasteiger partial charge in [-0.05, 0) is 37.2 Å². The molecule has 2 N–H and O–H groups in total. The maximum atomic E-state index is 12.2. The minimum Gasteiger partial charge on any atom is -0.350 e. The molecule has 1 heterocycles. The molecule has 0 aromatic carbocycles. The first-order chi connectivity index (χ1) is 9.33. The van der Waals surface area contributed by atoms with Crippen molar-refractivity contribution in [2.75, 3.05) is 0 Å². The fraction of sp³-hybridized carbons (Fsp3) is 0.733. The lowest BCUT2D eigenvalue weighted by molar-refractivity contribution is -0.127. The monoisotopic (exact) mass is 261 g/mol. The minimum atomic E-state index is 0.235. The van der Waals surface area contributed by atoms with Crippen LogP contribution < -0.4 is 5.32 Å². The van der Waals surface area contributed by atoms with Crippen LogP contribution in [0.1, 0.15) is 50.6 Å². The summed E-state index contributed by atoms with van der Waals surface area (Å²) in [6.45, 7) is 0.573. The van der Waals surface area contributed by atoms with Crippen LogP contribution in [0.25, 0.3) is 0 Å². The van der Waals surface area contributed by atoms with Crippen LogP contribution >= 0.6 is 0 Å². The molecule has 3 unspecified atom stereocenters. The second-order valence-corrected chi connectivity index (χ2v) is 6.11. The summed E-state index contributed by atoms with van der Waals surface area (Å²) in [6.07, 6.45) is 10.7. The van der Waals surface area contributed by atoms with Crippen molar-refractivity contribution < 1.29 is 4.79 Å². The molecule has 0 aliphatic heterocycles. The summed E-state index contributed by atoms with van der Waals surface area (Å²) in [7, 11) is 0. The average Bonchev–Trinajstić information content (AvgIpc) is 2.97. The van der Waals surface area contributed by atoms with E-state index in [1.807, 2.05) is 6.07 Å². The fourth-order valence-electron chi connectivity index (χ4n) is 3.82. The number of amides is 1. The van der Waals surface area contributed by atoms with Crippen LogP contribution in [0, 0.1) is 17.8 Å². The molecule has 104 valence electrons. The van der Waals surface area contributed by atoms with Crippen LogP contribution in [0.15, 0.2) is 12.3 Å². The van der Waals surface area contributed by atoms with Crippen molar-refractivity contribution in [3.8, 4) is 0 Å². The molecule has 2 saturated carbocycles. The number of fused-ring (bicyclic) bond motifs is 1. The van der Waals surface area contributed by atoms with Gasteiger partial charge < -0.3 is 5.32 Å². The summed E-state index contributed by atoms with van der Waals surface area (Å²) >= 11 is 0. The van der Waals surface area contributed by atoms with Crippen LogP contribution in [0.2, 0.25) is 0 Å². The van der Waals surface area contributed by atoms with E-state index in [0.717, 1.165) is 30.4 Å². The topological polar surface area (TPSA) is 57.8 Å². The number of H-pyrrole nitrogens is 1. The zero-order valence-corrected chi connectivity index (χ0v) is 11.4. The molecule has 0 spiro atoms. The molecular formula is C15H23N3O. The van der Waals surface area contributed by atoms with Crippen molar-refractivity contribution in [2.45, 2.75) is 51.5 Å². The van der Waals surface area contributed by atoms with Crippen molar-refractivity contribution in [1.29, 1.82) is 0 Å². The van der Waals surface area contributed by atoms with Gasteiger partial charge in [-0.25, -0.2) is 0 Å². The predicted octanol–water partition coefficient (Wildman–Crippen LogP) is 2.63. The Morgan fingerprint density at radius 2 is 2.11 bits per heavy atom. The van der Waals surface area contributed by atoms with E-state index in [2.05, 4.69) is 15.5 Å². The lowest BCUT2D eigenvalue weighted by Gasteiger charge is -2.38. The van der Waals surface area contributed by atoms with Gasteiger partial charge in [0.15, 0.2) is 0 Å². The van der Waals surface area contributed by atoms with E-state index in [0.29, 0.717) is 6.54 Å². The van der Waals surface area contributed by atoms with Crippen molar-refractivity contribution in [3.05, 3.63) is 18.0 Å².